The summed E-state index contributed by atoms with van der Waals surface area (Å²) in [5.41, 5.74) is 0. The van der Waals surface area contributed by atoms with Gasteiger partial charge in [0.25, 0.3) is 0 Å². The van der Waals surface area contributed by atoms with E-state index in [9.17, 15) is 5.11 Å². The van der Waals surface area contributed by atoms with Gasteiger partial charge in [-0.1, -0.05) is 0 Å². The summed E-state index contributed by atoms with van der Waals surface area (Å²) in [5, 5.41) is 9.33. The predicted octanol–water partition coefficient (Wildman–Crippen LogP) is 0.605. The SMILES string of the molecule is O[C@@H]1CC[C@H]1N1CCCC1. The number of nitrogens with zero attached hydrogens (tertiary/aromatic N) is 1. The molecule has 0 aromatic heterocycles. The van der Waals surface area contributed by atoms with Gasteiger partial charge in [-0.3, -0.25) is 4.90 Å². The van der Waals surface area contributed by atoms with Crippen LogP contribution in [0.1, 0.15) is 25.7 Å². The molecule has 0 aromatic carbocycles. The van der Waals surface area contributed by atoms with Crippen LogP contribution in [0.25, 0.3) is 0 Å². The number of aliphatic hydroxyl groups excluding tert-OH is 1. The summed E-state index contributed by atoms with van der Waals surface area (Å²) in [7, 11) is 0. The highest BCUT2D eigenvalue weighted by Crippen LogP contribution is 2.27. The summed E-state index contributed by atoms with van der Waals surface area (Å²) >= 11 is 0. The standard InChI is InChI=1S/C8H15NO/c10-8-4-3-7(8)9-5-1-2-6-9/h7-8,10H,1-6H2/t7-,8-/m1/s1. The average Bonchev–Trinajstić information content (AvgIpc) is 2.37. The Balaban J connectivity index is 1.86. The van der Waals surface area contributed by atoms with Crippen molar-refractivity contribution >= 4 is 0 Å². The maximum atomic E-state index is 9.33. The Hall–Kier alpha value is -0.0800. The molecular formula is C8H15NO. The minimum atomic E-state index is -0.00176. The van der Waals surface area contributed by atoms with E-state index in [1.807, 2.05) is 0 Å². The lowest BCUT2D eigenvalue weighted by molar-refractivity contribution is -0.0108. The second-order valence-corrected chi connectivity index (χ2v) is 3.46. The predicted molar refractivity (Wildman–Crippen MR) is 39.8 cm³/mol. The van der Waals surface area contributed by atoms with Gasteiger partial charge in [-0.2, -0.15) is 0 Å². The van der Waals surface area contributed by atoms with Crippen LogP contribution in [0.15, 0.2) is 0 Å². The molecule has 2 rings (SSSR count). The first-order chi connectivity index (χ1) is 4.88. The lowest BCUT2D eigenvalue weighted by Crippen LogP contribution is -2.49. The van der Waals surface area contributed by atoms with E-state index in [0.29, 0.717) is 6.04 Å². The number of aliphatic hydroxyl groups is 1. The molecule has 1 saturated carbocycles. The van der Waals surface area contributed by atoms with E-state index in [4.69, 9.17) is 0 Å². The molecule has 0 radical (unpaired) electrons. The van der Waals surface area contributed by atoms with Gasteiger partial charge in [0.05, 0.1) is 6.10 Å². The summed E-state index contributed by atoms with van der Waals surface area (Å²) < 4.78 is 0. The van der Waals surface area contributed by atoms with E-state index >= 15 is 0 Å². The molecule has 2 aliphatic rings. The van der Waals surface area contributed by atoms with E-state index in [2.05, 4.69) is 4.90 Å². The highest BCUT2D eigenvalue weighted by Gasteiger charge is 2.34. The zero-order valence-electron chi connectivity index (χ0n) is 6.29. The average molecular weight is 141 g/mol. The number of hydrogen-bond donors (Lipinski definition) is 1. The molecule has 0 amide bonds. The van der Waals surface area contributed by atoms with Crippen molar-refractivity contribution in [2.45, 2.75) is 37.8 Å². The first-order valence-corrected chi connectivity index (χ1v) is 4.30. The van der Waals surface area contributed by atoms with Crippen LogP contribution in [0, 0.1) is 0 Å². The Labute approximate surface area is 61.8 Å². The van der Waals surface area contributed by atoms with E-state index in [1.165, 1.54) is 32.4 Å². The second-order valence-electron chi connectivity index (χ2n) is 3.46. The molecular weight excluding hydrogens is 126 g/mol. The molecule has 0 unspecified atom stereocenters. The van der Waals surface area contributed by atoms with Gasteiger partial charge in [-0.05, 0) is 38.8 Å². The molecule has 58 valence electrons. The lowest BCUT2D eigenvalue weighted by Gasteiger charge is -2.39. The Morgan fingerprint density at radius 1 is 1.10 bits per heavy atom. The molecule has 2 nitrogen and oxygen atoms in total. The van der Waals surface area contributed by atoms with Crippen molar-refractivity contribution < 1.29 is 5.11 Å². The van der Waals surface area contributed by atoms with Crippen LogP contribution in [0.2, 0.25) is 0 Å². The molecule has 0 bridgehead atoms. The van der Waals surface area contributed by atoms with Crippen LogP contribution in [-0.2, 0) is 0 Å². The van der Waals surface area contributed by atoms with Crippen molar-refractivity contribution in [3.8, 4) is 0 Å². The minimum Gasteiger partial charge on any atom is -0.391 e. The Kier molecular flexibility index (Phi) is 1.66. The van der Waals surface area contributed by atoms with Crippen LogP contribution >= 0.6 is 0 Å². The molecule has 2 atom stereocenters. The fourth-order valence-corrected chi connectivity index (χ4v) is 1.96. The second kappa shape index (κ2) is 2.51. The Bertz CT molecular complexity index is 120. The monoisotopic (exact) mass is 141 g/mol. The third-order valence-electron chi connectivity index (χ3n) is 2.81. The van der Waals surface area contributed by atoms with Gasteiger partial charge in [0.1, 0.15) is 0 Å². The molecule has 10 heavy (non-hydrogen) atoms. The van der Waals surface area contributed by atoms with Crippen molar-refractivity contribution in [3.05, 3.63) is 0 Å². The van der Waals surface area contributed by atoms with Crippen LogP contribution in [-0.4, -0.2) is 35.2 Å². The lowest BCUT2D eigenvalue weighted by atomic mass is 9.88. The van der Waals surface area contributed by atoms with Crippen molar-refractivity contribution in [3.63, 3.8) is 0 Å². The van der Waals surface area contributed by atoms with Crippen molar-refractivity contribution in [2.24, 2.45) is 0 Å². The Morgan fingerprint density at radius 3 is 2.20 bits per heavy atom. The van der Waals surface area contributed by atoms with Crippen molar-refractivity contribution in [1.29, 1.82) is 0 Å². The van der Waals surface area contributed by atoms with Gasteiger partial charge in [0.2, 0.25) is 0 Å². The smallest absolute Gasteiger partial charge is 0.0696 e. The highest BCUT2D eigenvalue weighted by molar-refractivity contribution is 4.90. The molecule has 1 saturated heterocycles. The summed E-state index contributed by atoms with van der Waals surface area (Å²) in [6.45, 7) is 2.45. The Morgan fingerprint density at radius 2 is 1.80 bits per heavy atom. The van der Waals surface area contributed by atoms with Gasteiger partial charge >= 0.3 is 0 Å². The summed E-state index contributed by atoms with van der Waals surface area (Å²) in [5.74, 6) is 0. The maximum absolute atomic E-state index is 9.33. The fourth-order valence-electron chi connectivity index (χ4n) is 1.96. The maximum Gasteiger partial charge on any atom is 0.0696 e. The molecule has 2 fully saturated rings. The number of rotatable bonds is 1. The number of hydrogen-bond acceptors (Lipinski definition) is 2. The highest BCUT2D eigenvalue weighted by atomic mass is 16.3. The first kappa shape index (κ1) is 6.62. The van der Waals surface area contributed by atoms with Gasteiger partial charge in [0, 0.05) is 6.04 Å². The van der Waals surface area contributed by atoms with Crippen LogP contribution < -0.4 is 0 Å². The van der Waals surface area contributed by atoms with E-state index in [-0.39, 0.29) is 6.10 Å². The zero-order valence-corrected chi connectivity index (χ0v) is 6.29. The topological polar surface area (TPSA) is 23.5 Å². The molecule has 2 heteroatoms. The van der Waals surface area contributed by atoms with Crippen molar-refractivity contribution in [1.82, 2.24) is 4.90 Å². The normalized spacial score (nSPS) is 41.7. The molecule has 1 aliphatic carbocycles. The van der Waals surface area contributed by atoms with Crippen LogP contribution in [0.4, 0.5) is 0 Å². The van der Waals surface area contributed by atoms with Gasteiger partial charge in [0.15, 0.2) is 0 Å². The van der Waals surface area contributed by atoms with Crippen LogP contribution in [0.5, 0.6) is 0 Å². The summed E-state index contributed by atoms with van der Waals surface area (Å²) in [4.78, 5) is 2.44. The third kappa shape index (κ3) is 0.956. The largest absolute Gasteiger partial charge is 0.391 e. The first-order valence-electron chi connectivity index (χ1n) is 4.30. The zero-order chi connectivity index (χ0) is 6.97. The summed E-state index contributed by atoms with van der Waals surface area (Å²) in [6, 6.07) is 0.530. The van der Waals surface area contributed by atoms with Crippen molar-refractivity contribution in [2.75, 3.05) is 13.1 Å². The van der Waals surface area contributed by atoms with E-state index in [0.717, 1.165) is 6.42 Å². The molecule has 0 spiro atoms. The number of likely N-dealkylation sites (tertiary alicyclic amines) is 1. The minimum absolute atomic E-state index is 0.00176. The van der Waals surface area contributed by atoms with Gasteiger partial charge in [-0.15, -0.1) is 0 Å². The molecule has 1 N–H and O–H groups in total. The van der Waals surface area contributed by atoms with Crippen LogP contribution in [0.3, 0.4) is 0 Å². The van der Waals surface area contributed by atoms with E-state index < -0.39 is 0 Å². The summed E-state index contributed by atoms with van der Waals surface area (Å²) in [6.07, 6.45) is 4.92. The van der Waals surface area contributed by atoms with Gasteiger partial charge < -0.3 is 5.11 Å². The fraction of sp³-hybridized carbons (Fsp3) is 1.00. The van der Waals surface area contributed by atoms with Gasteiger partial charge in [-0.25, -0.2) is 0 Å². The quantitative estimate of drug-likeness (QED) is 0.578. The molecule has 1 heterocycles. The molecule has 1 aliphatic heterocycles. The third-order valence-corrected chi connectivity index (χ3v) is 2.81. The van der Waals surface area contributed by atoms with E-state index in [1.54, 1.807) is 0 Å². The molecule has 0 aromatic rings.